The third kappa shape index (κ3) is 3.30. The average molecular weight is 546 g/mol. The van der Waals surface area contributed by atoms with E-state index in [0.29, 0.717) is 37.0 Å². The number of rotatable bonds is 5. The van der Waals surface area contributed by atoms with Gasteiger partial charge in [-0.05, 0) is 0 Å². The van der Waals surface area contributed by atoms with Gasteiger partial charge in [0.25, 0.3) is 0 Å². The molecule has 0 radical (unpaired) electrons. The third-order valence-corrected chi connectivity index (χ3v) is 19.7. The molecule has 4 heteroatoms. The van der Waals surface area contributed by atoms with Crippen LogP contribution in [0, 0.1) is 23.2 Å². The van der Waals surface area contributed by atoms with E-state index in [1.165, 1.54) is 27.8 Å². The number of hydrogen-bond acceptors (Lipinski definition) is 1. The molecule has 2 aromatic rings. The number of nitrogens with one attached hydrogen (secondary N) is 1. The van der Waals surface area contributed by atoms with E-state index in [2.05, 4.69) is 92.2 Å². The van der Waals surface area contributed by atoms with Gasteiger partial charge in [-0.1, -0.05) is 0 Å². The van der Waals surface area contributed by atoms with Gasteiger partial charge >= 0.3 is 232 Å². The fourth-order valence-electron chi connectivity index (χ4n) is 10.0. The first kappa shape index (κ1) is 25.0. The summed E-state index contributed by atoms with van der Waals surface area (Å²) in [7, 11) is 0. The predicted octanol–water partition coefficient (Wildman–Crippen LogP) is 8.12. The van der Waals surface area contributed by atoms with Crippen LogP contribution in [0.1, 0.15) is 77.3 Å². The quantitative estimate of drug-likeness (QED) is 0.378. The molecule has 0 aromatic heterocycles. The molecule has 4 unspecified atom stereocenters. The summed E-state index contributed by atoms with van der Waals surface area (Å²) in [5.74, 6) is 1.28. The van der Waals surface area contributed by atoms with Gasteiger partial charge in [-0.25, -0.2) is 0 Å². The van der Waals surface area contributed by atoms with Crippen LogP contribution in [-0.2, 0) is 25.4 Å². The van der Waals surface area contributed by atoms with Gasteiger partial charge in [-0.15, -0.1) is 0 Å². The van der Waals surface area contributed by atoms with Gasteiger partial charge in [0.1, 0.15) is 0 Å². The molecule has 4 atom stereocenters. The number of halogens is 1. The fraction of sp³-hybridized carbons (Fsp3) is 0.500. The third-order valence-electron chi connectivity index (χ3n) is 11.6. The molecule has 198 valence electrons. The number of amides is 1. The van der Waals surface area contributed by atoms with Gasteiger partial charge < -0.3 is 0 Å². The number of hydrogen-bond donors (Lipinski definition) is 1. The molecule has 6 aliphatic rings. The molecule has 5 fully saturated rings. The van der Waals surface area contributed by atoms with E-state index in [1.54, 1.807) is 3.88 Å². The van der Waals surface area contributed by atoms with Crippen molar-refractivity contribution in [3.05, 3.63) is 92.4 Å². The summed E-state index contributed by atoms with van der Waals surface area (Å²) in [5, 5.41) is 0. The van der Waals surface area contributed by atoms with Crippen LogP contribution in [-0.4, -0.2) is 11.6 Å². The van der Waals surface area contributed by atoms with Crippen molar-refractivity contribution < 1.29 is 26.0 Å². The van der Waals surface area contributed by atoms with Crippen LogP contribution < -0.4 is 3.80 Å². The molecule has 8 rings (SSSR count). The molecule has 0 spiro atoms. The van der Waals surface area contributed by atoms with E-state index in [1.807, 2.05) is 0 Å². The van der Waals surface area contributed by atoms with Gasteiger partial charge in [0.15, 0.2) is 0 Å². The molecular formula is C34H40FNOTi. The van der Waals surface area contributed by atoms with Crippen molar-refractivity contribution in [1.82, 2.24) is 3.80 Å². The topological polar surface area (TPSA) is 29.1 Å². The SMILES string of the molecule is CC1=C(C)C(C)[C]([Ti]2([NH]C(=O)C34CC5CC(CC(F)(C5)C3)C4)[CH2][C]2(c2ccccc2)c2ccccc2)=C1C. The first-order valence-electron chi connectivity index (χ1n) is 14.6. The molecule has 1 heterocycles. The molecule has 1 amide bonds. The Morgan fingerprint density at radius 1 is 0.868 bits per heavy atom. The summed E-state index contributed by atoms with van der Waals surface area (Å²) in [6.45, 7) is 9.17. The second-order valence-corrected chi connectivity index (χ2v) is 19.6. The Kier molecular flexibility index (Phi) is 5.45. The number of carbonyl (C=O) groups excluding carboxylic acids is 1. The number of benzene rings is 2. The Morgan fingerprint density at radius 3 is 1.89 bits per heavy atom. The van der Waals surface area contributed by atoms with E-state index in [0.717, 1.165) is 24.0 Å². The van der Waals surface area contributed by atoms with Crippen molar-refractivity contribution >= 4 is 5.91 Å². The molecule has 2 aromatic carbocycles. The van der Waals surface area contributed by atoms with Crippen molar-refractivity contribution in [3.63, 3.8) is 0 Å². The van der Waals surface area contributed by atoms with Crippen LogP contribution in [0.3, 0.4) is 0 Å². The van der Waals surface area contributed by atoms with E-state index < -0.39 is 27.9 Å². The first-order valence-corrected chi connectivity index (χ1v) is 18.1. The molecule has 38 heavy (non-hydrogen) atoms. The Morgan fingerprint density at radius 2 is 1.42 bits per heavy atom. The number of alkyl halides is 1. The van der Waals surface area contributed by atoms with E-state index in [4.69, 9.17) is 0 Å². The molecule has 5 aliphatic carbocycles. The summed E-state index contributed by atoms with van der Waals surface area (Å²) in [6.07, 6.45) is 4.67. The molecule has 1 saturated heterocycles. The molecule has 1 aliphatic heterocycles. The maximum atomic E-state index is 16.0. The second kappa shape index (κ2) is 8.27. The summed E-state index contributed by atoms with van der Waals surface area (Å²) in [5.41, 5.74) is 5.24. The molecular weight excluding hydrogens is 505 g/mol. The Labute approximate surface area is 230 Å². The van der Waals surface area contributed by atoms with Crippen molar-refractivity contribution in [2.24, 2.45) is 23.2 Å². The van der Waals surface area contributed by atoms with Crippen LogP contribution >= 0.6 is 0 Å². The Bertz CT molecular complexity index is 1320. The van der Waals surface area contributed by atoms with Gasteiger partial charge in [-0.2, -0.15) is 0 Å². The zero-order valence-electron chi connectivity index (χ0n) is 23.2. The van der Waals surface area contributed by atoms with Gasteiger partial charge in [-0.3, -0.25) is 0 Å². The zero-order valence-corrected chi connectivity index (χ0v) is 24.8. The molecule has 4 bridgehead atoms. The minimum absolute atomic E-state index is 0.163. The summed E-state index contributed by atoms with van der Waals surface area (Å²) >= 11 is -3.35. The molecule has 2 nitrogen and oxygen atoms in total. The van der Waals surface area contributed by atoms with E-state index >= 15 is 4.39 Å². The van der Waals surface area contributed by atoms with Gasteiger partial charge in [0, 0.05) is 0 Å². The summed E-state index contributed by atoms with van der Waals surface area (Å²) in [4.78, 5) is 14.7. The van der Waals surface area contributed by atoms with Crippen molar-refractivity contribution in [1.29, 1.82) is 0 Å². The predicted molar refractivity (Wildman–Crippen MR) is 148 cm³/mol. The monoisotopic (exact) mass is 545 g/mol. The van der Waals surface area contributed by atoms with E-state index in [9.17, 15) is 4.79 Å². The fourth-order valence-corrected chi connectivity index (χ4v) is 20.4. The second-order valence-electron chi connectivity index (χ2n) is 13.6. The maximum absolute atomic E-state index is 16.0. The van der Waals surface area contributed by atoms with Crippen LogP contribution in [0.2, 0.25) is 4.73 Å². The van der Waals surface area contributed by atoms with Crippen molar-refractivity contribution in [3.8, 4) is 0 Å². The van der Waals surface area contributed by atoms with Gasteiger partial charge in [0.05, 0.1) is 0 Å². The number of carbonyl (C=O) groups is 1. The van der Waals surface area contributed by atoms with Crippen LogP contribution in [0.25, 0.3) is 0 Å². The summed E-state index contributed by atoms with van der Waals surface area (Å²) in [6, 6.07) is 21.9. The molecule has 4 saturated carbocycles. The first-order chi connectivity index (χ1) is 18.1. The Hall–Kier alpha value is -1.97. The number of allylic oxidation sites excluding steroid dienone is 4. The minimum atomic E-state index is -3.35. The molecule has 1 N–H and O–H groups in total. The zero-order chi connectivity index (χ0) is 26.5. The van der Waals surface area contributed by atoms with Gasteiger partial charge in [0.2, 0.25) is 0 Å². The average Bonchev–Trinajstić information content (AvgIpc) is 3.51. The normalized spacial score (nSPS) is 38.6. The van der Waals surface area contributed by atoms with E-state index in [-0.39, 0.29) is 9.63 Å². The van der Waals surface area contributed by atoms with Crippen LogP contribution in [0.5, 0.6) is 0 Å². The van der Waals surface area contributed by atoms with Crippen LogP contribution in [0.15, 0.2) is 81.3 Å². The summed E-state index contributed by atoms with van der Waals surface area (Å²) < 4.78 is 22.3. The Balaban J connectivity index is 1.38. The van der Waals surface area contributed by atoms with Crippen LogP contribution in [0.4, 0.5) is 4.39 Å². The standard InChI is InChI=1S/C14H12.C11H16FNO.C9H13.Ti/c1-12(13-8-4-2-5-9-13)14-10-6-3-7-11-14;12-11-4-7-1-8(5-11)3-10(2-7,6-11)9(13)14;1-6-5-7(2)9(4)8(6)3;/h2-11H,1H2;7-8H,1-6H2,(H2,13,14);6H,1-4H3;/q;;;+1/p-1. The van der Waals surface area contributed by atoms with Crippen molar-refractivity contribution in [2.45, 2.75) is 80.3 Å². The van der Waals surface area contributed by atoms with Crippen molar-refractivity contribution in [2.75, 3.05) is 0 Å².